The van der Waals surface area contributed by atoms with Gasteiger partial charge in [0, 0.05) is 39.5 Å². The molecule has 1 aromatic rings. The number of hydrogen-bond acceptors (Lipinski definition) is 2. The molecule has 1 aromatic carbocycles. The predicted molar refractivity (Wildman–Crippen MR) is 104 cm³/mol. The monoisotopic (exact) mass is 386 g/mol. The van der Waals surface area contributed by atoms with Crippen molar-refractivity contribution in [3.8, 4) is 0 Å². The molecule has 0 heterocycles. The summed E-state index contributed by atoms with van der Waals surface area (Å²) in [7, 11) is 1.74. The molecule has 140 valence electrons. The summed E-state index contributed by atoms with van der Waals surface area (Å²) < 4.78 is 0. The van der Waals surface area contributed by atoms with Crippen LogP contribution in [0.4, 0.5) is 0 Å². The maximum Gasteiger partial charge on any atom is 0.222 e. The van der Waals surface area contributed by atoms with Gasteiger partial charge in [-0.3, -0.25) is 9.59 Å². The Bertz CT molecular complexity index is 573. The van der Waals surface area contributed by atoms with Crippen molar-refractivity contribution < 1.29 is 9.59 Å². The zero-order valence-electron chi connectivity index (χ0n) is 15.4. The van der Waals surface area contributed by atoms with Crippen molar-refractivity contribution in [2.45, 2.75) is 52.5 Å². The molecule has 0 bridgehead atoms. The van der Waals surface area contributed by atoms with Gasteiger partial charge < -0.3 is 9.80 Å². The van der Waals surface area contributed by atoms with Crippen LogP contribution in [0.25, 0.3) is 0 Å². The molecule has 0 N–H and O–H groups in total. The van der Waals surface area contributed by atoms with E-state index in [4.69, 9.17) is 23.2 Å². The molecule has 0 spiro atoms. The Morgan fingerprint density at radius 1 is 1.00 bits per heavy atom. The van der Waals surface area contributed by atoms with E-state index in [-0.39, 0.29) is 11.8 Å². The molecule has 0 aliphatic rings. The molecule has 6 heteroatoms. The second-order valence-electron chi connectivity index (χ2n) is 6.20. The number of benzene rings is 1. The summed E-state index contributed by atoms with van der Waals surface area (Å²) in [6.07, 6.45) is 3.24. The van der Waals surface area contributed by atoms with Crippen molar-refractivity contribution >= 4 is 35.0 Å². The number of amides is 2. The minimum absolute atomic E-state index is 0.00127. The van der Waals surface area contributed by atoms with E-state index in [0.29, 0.717) is 35.9 Å². The second kappa shape index (κ2) is 11.4. The average Bonchev–Trinajstić information content (AvgIpc) is 2.58. The molecule has 0 radical (unpaired) electrons. The fourth-order valence-electron chi connectivity index (χ4n) is 2.66. The van der Waals surface area contributed by atoms with Gasteiger partial charge in [0.05, 0.1) is 10.0 Å². The number of halogens is 2. The maximum absolute atomic E-state index is 12.3. The highest BCUT2D eigenvalue weighted by Crippen LogP contribution is 2.26. The minimum Gasteiger partial charge on any atom is -0.343 e. The van der Waals surface area contributed by atoms with Crippen LogP contribution >= 0.6 is 23.2 Å². The van der Waals surface area contributed by atoms with E-state index < -0.39 is 0 Å². The van der Waals surface area contributed by atoms with Crippen molar-refractivity contribution in [1.82, 2.24) is 9.80 Å². The minimum atomic E-state index is 0.00127. The van der Waals surface area contributed by atoms with Crippen LogP contribution in [0.2, 0.25) is 10.0 Å². The molecular weight excluding hydrogens is 359 g/mol. The zero-order valence-corrected chi connectivity index (χ0v) is 16.9. The van der Waals surface area contributed by atoms with Crippen molar-refractivity contribution in [1.29, 1.82) is 0 Å². The Morgan fingerprint density at radius 3 is 2.20 bits per heavy atom. The van der Waals surface area contributed by atoms with Gasteiger partial charge in [-0.25, -0.2) is 0 Å². The molecule has 25 heavy (non-hydrogen) atoms. The molecule has 0 aromatic heterocycles. The SMILES string of the molecule is CCCN(CCC)C(=O)CCCC(=O)N(C)Cc1cccc(Cl)c1Cl. The third kappa shape index (κ3) is 7.25. The fourth-order valence-corrected chi connectivity index (χ4v) is 3.03. The molecule has 0 unspecified atom stereocenters. The van der Waals surface area contributed by atoms with Gasteiger partial charge in [-0.05, 0) is 30.9 Å². The molecule has 0 atom stereocenters. The summed E-state index contributed by atoms with van der Waals surface area (Å²) in [5, 5.41) is 0.964. The van der Waals surface area contributed by atoms with Gasteiger partial charge in [0.2, 0.25) is 11.8 Å². The number of hydrogen-bond donors (Lipinski definition) is 0. The number of rotatable bonds is 10. The summed E-state index contributed by atoms with van der Waals surface area (Å²) in [5.74, 6) is 0.137. The van der Waals surface area contributed by atoms with Crippen LogP contribution in [0.1, 0.15) is 51.5 Å². The van der Waals surface area contributed by atoms with Crippen molar-refractivity contribution in [2.75, 3.05) is 20.1 Å². The lowest BCUT2D eigenvalue weighted by Crippen LogP contribution is -2.32. The zero-order chi connectivity index (χ0) is 18.8. The Kier molecular flexibility index (Phi) is 9.91. The second-order valence-corrected chi connectivity index (χ2v) is 6.98. The Labute approximate surface area is 161 Å². The normalized spacial score (nSPS) is 10.6. The van der Waals surface area contributed by atoms with Gasteiger partial charge in [-0.2, -0.15) is 0 Å². The molecule has 0 aliphatic heterocycles. The van der Waals surface area contributed by atoms with Gasteiger partial charge in [0.15, 0.2) is 0 Å². The lowest BCUT2D eigenvalue weighted by molar-refractivity contribution is -0.132. The molecule has 4 nitrogen and oxygen atoms in total. The lowest BCUT2D eigenvalue weighted by Gasteiger charge is -2.22. The first kappa shape index (κ1) is 21.8. The number of carbonyl (C=O) groups excluding carboxylic acids is 2. The van der Waals surface area contributed by atoms with Crippen molar-refractivity contribution in [3.05, 3.63) is 33.8 Å². The summed E-state index contributed by atoms with van der Waals surface area (Å²) in [6.45, 7) is 6.11. The first-order valence-corrected chi connectivity index (χ1v) is 9.60. The van der Waals surface area contributed by atoms with Crippen LogP contribution < -0.4 is 0 Å². The standard InChI is InChI=1S/C19H28Cl2N2O2/c1-4-12-23(13-5-2)18(25)11-7-10-17(24)22(3)14-15-8-6-9-16(20)19(15)21/h6,8-9H,4-5,7,10-14H2,1-3H3. The van der Waals surface area contributed by atoms with E-state index in [1.165, 1.54) is 0 Å². The average molecular weight is 387 g/mol. The Morgan fingerprint density at radius 2 is 1.60 bits per heavy atom. The van der Waals surface area contributed by atoms with Crippen LogP contribution in [-0.2, 0) is 16.1 Å². The van der Waals surface area contributed by atoms with Gasteiger partial charge in [0.25, 0.3) is 0 Å². The first-order valence-electron chi connectivity index (χ1n) is 8.85. The van der Waals surface area contributed by atoms with Crippen LogP contribution in [0.3, 0.4) is 0 Å². The highest BCUT2D eigenvalue weighted by molar-refractivity contribution is 6.42. The smallest absolute Gasteiger partial charge is 0.222 e. The maximum atomic E-state index is 12.3. The highest BCUT2D eigenvalue weighted by Gasteiger charge is 2.15. The molecule has 0 saturated heterocycles. The Hall–Kier alpha value is -1.26. The van der Waals surface area contributed by atoms with Crippen molar-refractivity contribution in [3.63, 3.8) is 0 Å². The predicted octanol–water partition coefficient (Wildman–Crippen LogP) is 4.77. The topological polar surface area (TPSA) is 40.6 Å². The van der Waals surface area contributed by atoms with E-state index >= 15 is 0 Å². The van der Waals surface area contributed by atoms with E-state index in [2.05, 4.69) is 13.8 Å². The molecule has 1 rings (SSSR count). The summed E-state index contributed by atoms with van der Waals surface area (Å²) in [5.41, 5.74) is 0.818. The molecule has 0 saturated carbocycles. The number of carbonyl (C=O) groups is 2. The van der Waals surface area contributed by atoms with Crippen LogP contribution in [0.15, 0.2) is 18.2 Å². The van der Waals surface area contributed by atoms with Gasteiger partial charge in [-0.15, -0.1) is 0 Å². The quantitative estimate of drug-likeness (QED) is 0.580. The van der Waals surface area contributed by atoms with Crippen LogP contribution in [0.5, 0.6) is 0 Å². The van der Waals surface area contributed by atoms with E-state index in [1.807, 2.05) is 17.0 Å². The third-order valence-corrected chi connectivity index (χ3v) is 4.84. The largest absolute Gasteiger partial charge is 0.343 e. The Balaban J connectivity index is 2.45. The molecular formula is C19H28Cl2N2O2. The summed E-state index contributed by atoms with van der Waals surface area (Å²) in [6, 6.07) is 5.39. The fraction of sp³-hybridized carbons (Fsp3) is 0.579. The lowest BCUT2D eigenvalue weighted by atomic mass is 10.1. The summed E-state index contributed by atoms with van der Waals surface area (Å²) in [4.78, 5) is 28.0. The van der Waals surface area contributed by atoms with Crippen LogP contribution in [-0.4, -0.2) is 41.8 Å². The van der Waals surface area contributed by atoms with Gasteiger partial charge in [0.1, 0.15) is 0 Å². The van der Waals surface area contributed by atoms with E-state index in [1.54, 1.807) is 18.0 Å². The molecule has 0 fully saturated rings. The number of nitrogens with zero attached hydrogens (tertiary/aromatic N) is 2. The van der Waals surface area contributed by atoms with Crippen LogP contribution in [0, 0.1) is 0 Å². The molecule has 2 amide bonds. The highest BCUT2D eigenvalue weighted by atomic mass is 35.5. The molecule has 0 aliphatic carbocycles. The van der Waals surface area contributed by atoms with E-state index in [9.17, 15) is 9.59 Å². The first-order chi connectivity index (χ1) is 11.9. The third-order valence-electron chi connectivity index (χ3n) is 3.99. The van der Waals surface area contributed by atoms with Gasteiger partial charge in [-0.1, -0.05) is 49.2 Å². The van der Waals surface area contributed by atoms with Gasteiger partial charge >= 0.3 is 0 Å². The van der Waals surface area contributed by atoms with E-state index in [0.717, 1.165) is 31.5 Å². The van der Waals surface area contributed by atoms with Crippen molar-refractivity contribution in [2.24, 2.45) is 0 Å². The summed E-state index contributed by atoms with van der Waals surface area (Å²) >= 11 is 12.2.